The van der Waals surface area contributed by atoms with Crippen LogP contribution < -0.4 is 0 Å². The summed E-state index contributed by atoms with van der Waals surface area (Å²) in [6, 6.07) is 9.71. The molecule has 0 fully saturated rings. The van der Waals surface area contributed by atoms with E-state index in [4.69, 9.17) is 9.47 Å². The van der Waals surface area contributed by atoms with Crippen molar-refractivity contribution >= 4 is 11.9 Å². The van der Waals surface area contributed by atoms with Crippen LogP contribution in [0.3, 0.4) is 0 Å². The first-order chi connectivity index (χ1) is 11.2. The zero-order valence-electron chi connectivity index (χ0n) is 14.3. The van der Waals surface area contributed by atoms with E-state index in [1.807, 2.05) is 44.2 Å². The highest BCUT2D eigenvalue weighted by molar-refractivity contribution is 5.72. The van der Waals surface area contributed by atoms with Crippen LogP contribution in [0.4, 0.5) is 0 Å². The third kappa shape index (κ3) is 8.38. The molecule has 4 heteroatoms. The number of ether oxygens (including phenoxy) is 2. The van der Waals surface area contributed by atoms with Crippen molar-refractivity contribution in [1.82, 2.24) is 0 Å². The van der Waals surface area contributed by atoms with Crippen molar-refractivity contribution in [2.75, 3.05) is 6.61 Å². The van der Waals surface area contributed by atoms with Crippen LogP contribution in [0.25, 0.3) is 0 Å². The van der Waals surface area contributed by atoms with E-state index in [0.29, 0.717) is 19.6 Å². The van der Waals surface area contributed by atoms with Gasteiger partial charge in [-0.1, -0.05) is 50.1 Å². The topological polar surface area (TPSA) is 52.6 Å². The average molecular weight is 320 g/mol. The number of unbranched alkanes of at least 4 members (excludes halogenated alkanes) is 2. The molecule has 1 aromatic carbocycles. The first-order valence-corrected chi connectivity index (χ1v) is 8.53. The number of hydrogen-bond acceptors (Lipinski definition) is 4. The van der Waals surface area contributed by atoms with Crippen LogP contribution in [0.2, 0.25) is 0 Å². The fourth-order valence-electron chi connectivity index (χ4n) is 2.41. The summed E-state index contributed by atoms with van der Waals surface area (Å²) in [5, 5.41) is 0. The minimum atomic E-state index is -0.137. The number of carbonyl (C=O) groups excluding carboxylic acids is 2. The Bertz CT molecular complexity index is 456. The van der Waals surface area contributed by atoms with Crippen molar-refractivity contribution < 1.29 is 19.1 Å². The molecule has 0 aromatic heterocycles. The van der Waals surface area contributed by atoms with Crippen LogP contribution in [-0.2, 0) is 25.7 Å². The molecule has 1 aromatic rings. The summed E-state index contributed by atoms with van der Waals surface area (Å²) in [4.78, 5) is 23.3. The Morgan fingerprint density at radius 3 is 2.39 bits per heavy atom. The van der Waals surface area contributed by atoms with Crippen LogP contribution >= 0.6 is 0 Å². The van der Waals surface area contributed by atoms with Crippen LogP contribution in [0, 0.1) is 5.92 Å². The molecule has 0 amide bonds. The average Bonchev–Trinajstić information content (AvgIpc) is 2.57. The second-order valence-electron chi connectivity index (χ2n) is 5.60. The van der Waals surface area contributed by atoms with Gasteiger partial charge in [0.2, 0.25) is 0 Å². The van der Waals surface area contributed by atoms with E-state index in [2.05, 4.69) is 0 Å². The minimum absolute atomic E-state index is 0.0543. The molecule has 0 aliphatic rings. The van der Waals surface area contributed by atoms with Gasteiger partial charge in [0.15, 0.2) is 0 Å². The quantitative estimate of drug-likeness (QED) is 0.451. The SMILES string of the molecule is CCOC(=O)CCCCCC(CC)C(=O)OCc1ccccc1. The molecule has 0 aliphatic heterocycles. The number of benzene rings is 1. The number of esters is 2. The smallest absolute Gasteiger partial charge is 0.309 e. The number of carbonyl (C=O) groups is 2. The highest BCUT2D eigenvalue weighted by Crippen LogP contribution is 2.17. The number of rotatable bonds is 11. The van der Waals surface area contributed by atoms with Gasteiger partial charge < -0.3 is 9.47 Å². The van der Waals surface area contributed by atoms with Crippen molar-refractivity contribution in [3.05, 3.63) is 35.9 Å². The lowest BCUT2D eigenvalue weighted by atomic mass is 9.98. The molecule has 0 saturated carbocycles. The molecule has 1 atom stereocenters. The van der Waals surface area contributed by atoms with Crippen LogP contribution in [-0.4, -0.2) is 18.5 Å². The van der Waals surface area contributed by atoms with E-state index in [1.54, 1.807) is 0 Å². The molecular weight excluding hydrogens is 292 g/mol. The van der Waals surface area contributed by atoms with Crippen molar-refractivity contribution in [2.45, 2.75) is 59.0 Å². The summed E-state index contributed by atoms with van der Waals surface area (Å²) in [6.45, 7) is 4.58. The molecular formula is C19H28O4. The summed E-state index contributed by atoms with van der Waals surface area (Å²) < 4.78 is 10.3. The fraction of sp³-hybridized carbons (Fsp3) is 0.579. The van der Waals surface area contributed by atoms with Crippen molar-refractivity contribution in [3.8, 4) is 0 Å². The van der Waals surface area contributed by atoms with Gasteiger partial charge in [0.05, 0.1) is 12.5 Å². The summed E-state index contributed by atoms with van der Waals surface area (Å²) in [5.74, 6) is -0.315. The molecule has 0 spiro atoms. The maximum Gasteiger partial charge on any atom is 0.309 e. The van der Waals surface area contributed by atoms with E-state index in [0.717, 1.165) is 37.7 Å². The van der Waals surface area contributed by atoms with Gasteiger partial charge >= 0.3 is 11.9 Å². The van der Waals surface area contributed by atoms with E-state index in [1.165, 1.54) is 0 Å². The van der Waals surface area contributed by atoms with Crippen molar-refractivity contribution in [3.63, 3.8) is 0 Å². The monoisotopic (exact) mass is 320 g/mol. The van der Waals surface area contributed by atoms with Gasteiger partial charge in [-0.3, -0.25) is 9.59 Å². The first-order valence-electron chi connectivity index (χ1n) is 8.53. The lowest BCUT2D eigenvalue weighted by Gasteiger charge is -2.14. The van der Waals surface area contributed by atoms with E-state index < -0.39 is 0 Å². The molecule has 0 aliphatic carbocycles. The third-order valence-electron chi connectivity index (χ3n) is 3.79. The molecule has 1 rings (SSSR count). The van der Waals surface area contributed by atoms with E-state index in [-0.39, 0.29) is 17.9 Å². The largest absolute Gasteiger partial charge is 0.466 e. The Labute approximate surface area is 139 Å². The summed E-state index contributed by atoms with van der Waals surface area (Å²) in [6.07, 6.45) is 4.73. The van der Waals surface area contributed by atoms with Gasteiger partial charge in [0, 0.05) is 6.42 Å². The highest BCUT2D eigenvalue weighted by atomic mass is 16.5. The van der Waals surface area contributed by atoms with E-state index >= 15 is 0 Å². The zero-order chi connectivity index (χ0) is 16.9. The maximum absolute atomic E-state index is 12.1. The second kappa shape index (κ2) is 11.7. The fourth-order valence-corrected chi connectivity index (χ4v) is 2.41. The second-order valence-corrected chi connectivity index (χ2v) is 5.60. The first kappa shape index (κ1) is 19.2. The molecule has 0 radical (unpaired) electrons. The molecule has 128 valence electrons. The van der Waals surface area contributed by atoms with Crippen molar-refractivity contribution in [2.24, 2.45) is 5.92 Å². The van der Waals surface area contributed by atoms with Crippen LogP contribution in [0.15, 0.2) is 30.3 Å². The Balaban J connectivity index is 2.19. The van der Waals surface area contributed by atoms with Gasteiger partial charge in [-0.25, -0.2) is 0 Å². The third-order valence-corrected chi connectivity index (χ3v) is 3.79. The molecule has 4 nitrogen and oxygen atoms in total. The predicted octanol–water partition coefficient (Wildman–Crippen LogP) is 4.27. The molecule has 1 unspecified atom stereocenters. The zero-order valence-corrected chi connectivity index (χ0v) is 14.3. The lowest BCUT2D eigenvalue weighted by Crippen LogP contribution is -2.17. The van der Waals surface area contributed by atoms with Crippen molar-refractivity contribution in [1.29, 1.82) is 0 Å². The van der Waals surface area contributed by atoms with Gasteiger partial charge in [0.25, 0.3) is 0 Å². The Kier molecular flexibility index (Phi) is 9.76. The van der Waals surface area contributed by atoms with Crippen LogP contribution in [0.1, 0.15) is 57.9 Å². The molecule has 0 saturated heterocycles. The Morgan fingerprint density at radius 2 is 1.74 bits per heavy atom. The highest BCUT2D eigenvalue weighted by Gasteiger charge is 2.17. The minimum Gasteiger partial charge on any atom is -0.466 e. The van der Waals surface area contributed by atoms with Gasteiger partial charge in [-0.05, 0) is 31.7 Å². The van der Waals surface area contributed by atoms with Crippen LogP contribution in [0.5, 0.6) is 0 Å². The predicted molar refractivity (Wildman–Crippen MR) is 89.7 cm³/mol. The number of hydrogen-bond donors (Lipinski definition) is 0. The molecule has 23 heavy (non-hydrogen) atoms. The summed E-state index contributed by atoms with van der Waals surface area (Å²) in [7, 11) is 0. The standard InChI is InChI=1S/C19H28O4/c1-3-17(13-9-6-10-14-18(20)22-4-2)19(21)23-15-16-11-7-5-8-12-16/h5,7-8,11-12,17H,3-4,6,9-10,13-15H2,1-2H3. The summed E-state index contributed by atoms with van der Waals surface area (Å²) in [5.41, 5.74) is 1.00. The van der Waals surface area contributed by atoms with E-state index in [9.17, 15) is 9.59 Å². The molecule has 0 N–H and O–H groups in total. The molecule has 0 heterocycles. The van der Waals surface area contributed by atoms with Gasteiger partial charge in [-0.2, -0.15) is 0 Å². The van der Waals surface area contributed by atoms with Gasteiger partial charge in [0.1, 0.15) is 6.61 Å². The van der Waals surface area contributed by atoms with Gasteiger partial charge in [-0.15, -0.1) is 0 Å². The molecule has 0 bridgehead atoms. The Hall–Kier alpha value is -1.84. The normalized spacial score (nSPS) is 11.7. The summed E-state index contributed by atoms with van der Waals surface area (Å²) >= 11 is 0. The lowest BCUT2D eigenvalue weighted by molar-refractivity contribution is -0.150. The Morgan fingerprint density at radius 1 is 1.00 bits per heavy atom. The maximum atomic E-state index is 12.1.